The first-order valence-electron chi connectivity index (χ1n) is 9.53. The van der Waals surface area contributed by atoms with Gasteiger partial charge in [0, 0.05) is 5.75 Å². The molecule has 0 bridgehead atoms. The minimum atomic E-state index is -0.0558. The van der Waals surface area contributed by atoms with Crippen LogP contribution in [0, 0.1) is 13.8 Å². The number of hydrogen-bond donors (Lipinski definition) is 0. The van der Waals surface area contributed by atoms with Crippen molar-refractivity contribution in [3.8, 4) is 11.4 Å². The second kappa shape index (κ2) is 8.53. The number of hydrogen-bond acceptors (Lipinski definition) is 4. The summed E-state index contributed by atoms with van der Waals surface area (Å²) in [5, 5.41) is 1.29. The molecular formula is C24H22N2O2S. The zero-order chi connectivity index (χ0) is 20.2. The van der Waals surface area contributed by atoms with E-state index in [1.165, 1.54) is 17.3 Å². The maximum atomic E-state index is 13.2. The fourth-order valence-corrected chi connectivity index (χ4v) is 3.99. The van der Waals surface area contributed by atoms with Crippen LogP contribution >= 0.6 is 11.8 Å². The first kappa shape index (κ1) is 19.3. The topological polar surface area (TPSA) is 44.1 Å². The van der Waals surface area contributed by atoms with Crippen molar-refractivity contribution in [1.82, 2.24) is 9.55 Å². The van der Waals surface area contributed by atoms with E-state index in [0.29, 0.717) is 28.4 Å². The highest BCUT2D eigenvalue weighted by Gasteiger charge is 2.13. The van der Waals surface area contributed by atoms with Crippen molar-refractivity contribution >= 4 is 22.7 Å². The van der Waals surface area contributed by atoms with Crippen molar-refractivity contribution in [1.29, 1.82) is 0 Å². The van der Waals surface area contributed by atoms with Crippen LogP contribution in [0.4, 0.5) is 0 Å². The quantitative estimate of drug-likeness (QED) is 0.253. The van der Waals surface area contributed by atoms with E-state index in [1.807, 2.05) is 67.6 Å². The highest BCUT2D eigenvalue weighted by Crippen LogP contribution is 2.23. The zero-order valence-corrected chi connectivity index (χ0v) is 17.3. The summed E-state index contributed by atoms with van der Waals surface area (Å²) in [7, 11) is 0. The molecule has 1 heterocycles. The molecule has 0 saturated heterocycles. The molecule has 5 heteroatoms. The number of fused-ring (bicyclic) bond motifs is 1. The fraction of sp³-hybridized carbons (Fsp3) is 0.167. The molecule has 0 unspecified atom stereocenters. The summed E-state index contributed by atoms with van der Waals surface area (Å²) in [6, 6.07) is 23.3. The molecule has 0 aliphatic carbocycles. The van der Waals surface area contributed by atoms with Gasteiger partial charge in [0.2, 0.25) is 0 Å². The van der Waals surface area contributed by atoms with Crippen LogP contribution in [0.5, 0.6) is 5.75 Å². The van der Waals surface area contributed by atoms with Gasteiger partial charge in [-0.3, -0.25) is 9.36 Å². The van der Waals surface area contributed by atoms with Gasteiger partial charge in [0.15, 0.2) is 5.16 Å². The smallest absolute Gasteiger partial charge is 0.266 e. The Labute approximate surface area is 174 Å². The predicted molar refractivity (Wildman–Crippen MR) is 119 cm³/mol. The molecule has 0 aliphatic heterocycles. The van der Waals surface area contributed by atoms with Gasteiger partial charge in [-0.1, -0.05) is 54.2 Å². The lowest BCUT2D eigenvalue weighted by Crippen LogP contribution is -2.22. The van der Waals surface area contributed by atoms with Crippen molar-refractivity contribution in [2.75, 3.05) is 12.4 Å². The summed E-state index contributed by atoms with van der Waals surface area (Å²) in [6.45, 7) is 4.63. The van der Waals surface area contributed by atoms with Crippen LogP contribution in [-0.2, 0) is 0 Å². The highest BCUT2D eigenvalue weighted by molar-refractivity contribution is 7.99. The van der Waals surface area contributed by atoms with Gasteiger partial charge >= 0.3 is 0 Å². The number of benzene rings is 3. The molecule has 0 atom stereocenters. The van der Waals surface area contributed by atoms with E-state index in [9.17, 15) is 4.79 Å². The van der Waals surface area contributed by atoms with Crippen LogP contribution < -0.4 is 10.3 Å². The molecule has 0 radical (unpaired) electrons. The van der Waals surface area contributed by atoms with Gasteiger partial charge in [-0.15, -0.1) is 0 Å². The van der Waals surface area contributed by atoms with Crippen molar-refractivity contribution < 1.29 is 4.74 Å². The highest BCUT2D eigenvalue weighted by atomic mass is 32.2. The first-order chi connectivity index (χ1) is 14.1. The maximum Gasteiger partial charge on any atom is 0.266 e. The summed E-state index contributed by atoms with van der Waals surface area (Å²) in [5.41, 5.74) is 3.76. The van der Waals surface area contributed by atoms with Crippen LogP contribution in [0.25, 0.3) is 16.6 Å². The zero-order valence-electron chi connectivity index (χ0n) is 16.5. The Morgan fingerprint density at radius 1 is 0.966 bits per heavy atom. The van der Waals surface area contributed by atoms with Crippen molar-refractivity contribution in [2.24, 2.45) is 0 Å². The van der Waals surface area contributed by atoms with Crippen LogP contribution in [0.1, 0.15) is 11.1 Å². The number of aromatic nitrogens is 2. The number of nitrogens with zero attached hydrogens (tertiary/aromatic N) is 2. The van der Waals surface area contributed by atoms with E-state index in [-0.39, 0.29) is 5.56 Å². The van der Waals surface area contributed by atoms with Crippen LogP contribution in [-0.4, -0.2) is 21.9 Å². The molecule has 4 rings (SSSR count). The monoisotopic (exact) mass is 402 g/mol. The molecule has 0 fully saturated rings. The molecule has 29 heavy (non-hydrogen) atoms. The number of rotatable bonds is 6. The Hall–Kier alpha value is -3.05. The van der Waals surface area contributed by atoms with E-state index < -0.39 is 0 Å². The standard InChI is InChI=1S/C24H22N2O2S/c1-17-12-13-18(2)22(16-17)28-14-15-29-24-25-21-11-7-6-10-20(21)23(27)26(24)19-8-4-3-5-9-19/h3-13,16H,14-15H2,1-2H3. The van der Waals surface area contributed by atoms with Gasteiger partial charge < -0.3 is 4.74 Å². The van der Waals surface area contributed by atoms with E-state index in [0.717, 1.165) is 17.0 Å². The maximum absolute atomic E-state index is 13.2. The molecular weight excluding hydrogens is 380 g/mol. The SMILES string of the molecule is Cc1ccc(C)c(OCCSc2nc3ccccc3c(=O)n2-c2ccccc2)c1. The molecule has 1 aromatic heterocycles. The van der Waals surface area contributed by atoms with Crippen LogP contribution in [0.3, 0.4) is 0 Å². The Kier molecular flexibility index (Phi) is 5.67. The third kappa shape index (κ3) is 4.20. The Balaban J connectivity index is 1.61. The molecule has 0 saturated carbocycles. The molecule has 4 aromatic rings. The van der Waals surface area contributed by atoms with E-state index in [4.69, 9.17) is 9.72 Å². The Morgan fingerprint density at radius 3 is 2.55 bits per heavy atom. The first-order valence-corrected chi connectivity index (χ1v) is 10.5. The number of thioether (sulfide) groups is 1. The molecule has 4 nitrogen and oxygen atoms in total. The number of aryl methyl sites for hydroxylation is 2. The van der Waals surface area contributed by atoms with Crippen molar-refractivity contribution in [2.45, 2.75) is 19.0 Å². The van der Waals surface area contributed by atoms with Gasteiger partial charge in [-0.25, -0.2) is 4.98 Å². The van der Waals surface area contributed by atoms with Crippen LogP contribution in [0.2, 0.25) is 0 Å². The second-order valence-electron chi connectivity index (χ2n) is 6.85. The minimum absolute atomic E-state index is 0.0558. The molecule has 0 aliphatic rings. The van der Waals surface area contributed by atoms with E-state index in [1.54, 1.807) is 4.57 Å². The summed E-state index contributed by atoms with van der Waals surface area (Å²) in [6.07, 6.45) is 0. The Morgan fingerprint density at radius 2 is 1.72 bits per heavy atom. The summed E-state index contributed by atoms with van der Waals surface area (Å²) >= 11 is 1.53. The molecule has 146 valence electrons. The van der Waals surface area contributed by atoms with Crippen molar-refractivity contribution in [3.05, 3.63) is 94.3 Å². The van der Waals surface area contributed by atoms with E-state index >= 15 is 0 Å². The van der Waals surface area contributed by atoms with Gasteiger partial charge in [-0.2, -0.15) is 0 Å². The summed E-state index contributed by atoms with van der Waals surface area (Å²) in [5.74, 6) is 1.59. The minimum Gasteiger partial charge on any atom is -0.492 e. The molecule has 0 N–H and O–H groups in total. The van der Waals surface area contributed by atoms with E-state index in [2.05, 4.69) is 19.1 Å². The number of para-hydroxylation sites is 2. The third-order valence-corrected chi connectivity index (χ3v) is 5.58. The van der Waals surface area contributed by atoms with Crippen molar-refractivity contribution in [3.63, 3.8) is 0 Å². The normalized spacial score (nSPS) is 11.0. The fourth-order valence-electron chi connectivity index (χ4n) is 3.16. The average molecular weight is 403 g/mol. The van der Waals surface area contributed by atoms with Gasteiger partial charge in [0.25, 0.3) is 5.56 Å². The summed E-state index contributed by atoms with van der Waals surface area (Å²) < 4.78 is 7.65. The molecule has 0 spiro atoms. The number of ether oxygens (including phenoxy) is 1. The van der Waals surface area contributed by atoms with Gasteiger partial charge in [-0.05, 0) is 55.3 Å². The Bertz CT molecular complexity index is 1200. The summed E-state index contributed by atoms with van der Waals surface area (Å²) in [4.78, 5) is 17.9. The molecule has 0 amide bonds. The molecule has 3 aromatic carbocycles. The van der Waals surface area contributed by atoms with Gasteiger partial charge in [0.05, 0.1) is 23.2 Å². The van der Waals surface area contributed by atoms with Gasteiger partial charge in [0.1, 0.15) is 5.75 Å². The predicted octanol–water partition coefficient (Wildman–Crippen LogP) is 5.17. The third-order valence-electron chi connectivity index (χ3n) is 4.68. The lowest BCUT2D eigenvalue weighted by atomic mass is 10.1. The lowest BCUT2D eigenvalue weighted by Gasteiger charge is -2.14. The average Bonchev–Trinajstić information content (AvgIpc) is 2.74. The second-order valence-corrected chi connectivity index (χ2v) is 7.92. The lowest BCUT2D eigenvalue weighted by molar-refractivity contribution is 0.341. The van der Waals surface area contributed by atoms with Crippen LogP contribution in [0.15, 0.2) is 82.7 Å². The largest absolute Gasteiger partial charge is 0.492 e.